The minimum Gasteiger partial charge on any atom is -0.455 e. The van der Waals surface area contributed by atoms with E-state index in [9.17, 15) is 4.79 Å². The van der Waals surface area contributed by atoms with Gasteiger partial charge in [-0.2, -0.15) is 0 Å². The number of hydrogen-bond acceptors (Lipinski definition) is 2. The second kappa shape index (κ2) is 18.5. The summed E-state index contributed by atoms with van der Waals surface area (Å²) in [6.07, 6.45) is 38.4. The summed E-state index contributed by atoms with van der Waals surface area (Å²) in [6.45, 7) is 4.00. The van der Waals surface area contributed by atoms with Crippen molar-refractivity contribution in [3.05, 3.63) is 11.6 Å². The molecule has 3 fully saturated rings. The van der Waals surface area contributed by atoms with E-state index in [4.69, 9.17) is 4.74 Å². The molecule has 2 heteroatoms. The van der Waals surface area contributed by atoms with Crippen molar-refractivity contribution in [2.24, 2.45) is 17.8 Å². The van der Waals surface area contributed by atoms with Crippen LogP contribution in [0.4, 0.5) is 0 Å². The van der Waals surface area contributed by atoms with Gasteiger partial charge in [-0.25, -0.2) is 4.79 Å². The first-order valence-electron chi connectivity index (χ1n) is 17.5. The standard InChI is InChI=1S/C36H64O2/c1-3-31(2)35(37)38-36(32-25-19-13-7-4-8-14-20-26-32,33-27-21-15-9-5-10-16-22-28-33)34-29-23-17-11-6-12-18-24-30-34/h3,32-34H,4-30H2,1-2H3. The Bertz CT molecular complexity index is 570. The average molecular weight is 529 g/mol. The lowest BCUT2D eigenvalue weighted by Gasteiger charge is -2.52. The van der Waals surface area contributed by atoms with Crippen molar-refractivity contribution in [3.8, 4) is 0 Å². The van der Waals surface area contributed by atoms with Crippen LogP contribution in [0.15, 0.2) is 11.6 Å². The highest BCUT2D eigenvalue weighted by molar-refractivity contribution is 5.88. The van der Waals surface area contributed by atoms with E-state index >= 15 is 0 Å². The van der Waals surface area contributed by atoms with Crippen LogP contribution in [-0.2, 0) is 9.53 Å². The Morgan fingerprint density at radius 1 is 0.500 bits per heavy atom. The largest absolute Gasteiger partial charge is 0.455 e. The van der Waals surface area contributed by atoms with Crippen molar-refractivity contribution >= 4 is 5.97 Å². The molecule has 0 aromatic rings. The Morgan fingerprint density at radius 2 is 0.737 bits per heavy atom. The zero-order valence-corrected chi connectivity index (χ0v) is 25.7. The van der Waals surface area contributed by atoms with Crippen LogP contribution in [0.5, 0.6) is 0 Å². The van der Waals surface area contributed by atoms with Gasteiger partial charge in [-0.3, -0.25) is 0 Å². The fourth-order valence-corrected chi connectivity index (χ4v) is 8.39. The van der Waals surface area contributed by atoms with Gasteiger partial charge in [-0.15, -0.1) is 0 Å². The molecule has 3 aliphatic carbocycles. The number of ether oxygens (including phenoxy) is 1. The summed E-state index contributed by atoms with van der Waals surface area (Å²) in [5, 5.41) is 0. The van der Waals surface area contributed by atoms with E-state index in [1.165, 1.54) is 173 Å². The highest BCUT2D eigenvalue weighted by atomic mass is 16.6. The van der Waals surface area contributed by atoms with Crippen LogP contribution >= 0.6 is 0 Å². The van der Waals surface area contributed by atoms with Crippen LogP contribution in [-0.4, -0.2) is 11.6 Å². The van der Waals surface area contributed by atoms with Gasteiger partial charge in [0, 0.05) is 5.57 Å². The Morgan fingerprint density at radius 3 is 0.974 bits per heavy atom. The first kappa shape index (κ1) is 31.7. The Kier molecular flexibility index (Phi) is 15.5. The molecule has 2 nitrogen and oxygen atoms in total. The lowest BCUT2D eigenvalue weighted by molar-refractivity contribution is -0.191. The van der Waals surface area contributed by atoms with Gasteiger partial charge in [0.2, 0.25) is 0 Å². The Hall–Kier alpha value is -0.790. The summed E-state index contributed by atoms with van der Waals surface area (Å²) in [5.74, 6) is 1.61. The normalized spacial score (nSPS) is 24.8. The summed E-state index contributed by atoms with van der Waals surface area (Å²) >= 11 is 0. The molecule has 38 heavy (non-hydrogen) atoms. The number of esters is 1. The predicted molar refractivity (Wildman–Crippen MR) is 163 cm³/mol. The van der Waals surface area contributed by atoms with E-state index in [-0.39, 0.29) is 11.6 Å². The first-order chi connectivity index (χ1) is 18.7. The maximum absolute atomic E-state index is 13.9. The first-order valence-corrected chi connectivity index (χ1v) is 17.5. The molecule has 3 saturated carbocycles. The summed E-state index contributed by atoms with van der Waals surface area (Å²) < 4.78 is 7.21. The molecule has 0 bridgehead atoms. The second-order valence-electron chi connectivity index (χ2n) is 13.5. The van der Waals surface area contributed by atoms with E-state index < -0.39 is 0 Å². The molecule has 220 valence electrons. The lowest BCUT2D eigenvalue weighted by atomic mass is 9.60. The molecular weight excluding hydrogens is 464 g/mol. The van der Waals surface area contributed by atoms with Crippen LogP contribution in [0.25, 0.3) is 0 Å². The minimum atomic E-state index is -0.265. The predicted octanol–water partition coefficient (Wildman–Crippen LogP) is 11.7. The number of carbonyl (C=O) groups excluding carboxylic acids is 1. The van der Waals surface area contributed by atoms with Gasteiger partial charge < -0.3 is 4.74 Å². The quantitative estimate of drug-likeness (QED) is 0.262. The molecule has 0 atom stereocenters. The highest BCUT2D eigenvalue weighted by Gasteiger charge is 2.52. The van der Waals surface area contributed by atoms with Gasteiger partial charge in [0.25, 0.3) is 0 Å². The second-order valence-corrected chi connectivity index (χ2v) is 13.5. The third-order valence-corrected chi connectivity index (χ3v) is 10.8. The molecule has 0 aromatic heterocycles. The van der Waals surface area contributed by atoms with E-state index in [0.717, 1.165) is 5.57 Å². The van der Waals surface area contributed by atoms with Gasteiger partial charge in [-0.1, -0.05) is 141 Å². The molecule has 0 heterocycles. The van der Waals surface area contributed by atoms with Gasteiger partial charge in [0.15, 0.2) is 0 Å². The van der Waals surface area contributed by atoms with E-state index in [1.807, 2.05) is 19.9 Å². The molecule has 3 rings (SSSR count). The number of hydrogen-bond donors (Lipinski definition) is 0. The Labute approximate surface area is 237 Å². The van der Waals surface area contributed by atoms with Crippen LogP contribution < -0.4 is 0 Å². The zero-order chi connectivity index (χ0) is 26.9. The Balaban J connectivity index is 2.06. The van der Waals surface area contributed by atoms with E-state index in [0.29, 0.717) is 17.8 Å². The monoisotopic (exact) mass is 528 g/mol. The summed E-state index contributed by atoms with van der Waals surface area (Å²) in [6, 6.07) is 0. The van der Waals surface area contributed by atoms with E-state index in [2.05, 4.69) is 0 Å². The van der Waals surface area contributed by atoms with Crippen molar-refractivity contribution in [2.75, 3.05) is 0 Å². The smallest absolute Gasteiger partial charge is 0.333 e. The van der Waals surface area contributed by atoms with Crippen molar-refractivity contribution in [2.45, 2.75) is 193 Å². The number of allylic oxidation sites excluding steroid dienone is 1. The molecule has 0 aliphatic heterocycles. The topological polar surface area (TPSA) is 26.3 Å². The van der Waals surface area contributed by atoms with Crippen LogP contribution in [0.3, 0.4) is 0 Å². The van der Waals surface area contributed by atoms with Crippen LogP contribution in [0, 0.1) is 17.8 Å². The number of carbonyl (C=O) groups is 1. The number of rotatable bonds is 5. The fourth-order valence-electron chi connectivity index (χ4n) is 8.39. The summed E-state index contributed by atoms with van der Waals surface area (Å²) in [5.41, 5.74) is 0.549. The molecule has 0 N–H and O–H groups in total. The molecule has 0 aromatic carbocycles. The van der Waals surface area contributed by atoms with E-state index in [1.54, 1.807) is 0 Å². The van der Waals surface area contributed by atoms with Crippen molar-refractivity contribution < 1.29 is 9.53 Å². The maximum atomic E-state index is 13.9. The van der Waals surface area contributed by atoms with Crippen LogP contribution in [0.2, 0.25) is 0 Å². The molecule has 0 saturated heterocycles. The van der Waals surface area contributed by atoms with Crippen molar-refractivity contribution in [1.29, 1.82) is 0 Å². The highest BCUT2D eigenvalue weighted by Crippen LogP contribution is 2.51. The van der Waals surface area contributed by atoms with Gasteiger partial charge in [-0.05, 0) is 70.1 Å². The summed E-state index contributed by atoms with van der Waals surface area (Å²) in [4.78, 5) is 13.9. The molecule has 0 unspecified atom stereocenters. The molecule has 0 radical (unpaired) electrons. The van der Waals surface area contributed by atoms with Crippen LogP contribution in [0.1, 0.15) is 187 Å². The maximum Gasteiger partial charge on any atom is 0.333 e. The third-order valence-electron chi connectivity index (χ3n) is 10.8. The minimum absolute atomic E-state index is 0.00113. The molecule has 0 spiro atoms. The molecule has 0 amide bonds. The fraction of sp³-hybridized carbons (Fsp3) is 0.917. The SMILES string of the molecule is CC=C(C)C(=O)OC(C1CCCCCCCCC1)(C1CCCCCCCCC1)C1CCCCCCCCC1. The lowest BCUT2D eigenvalue weighted by Crippen LogP contribution is -2.55. The van der Waals surface area contributed by atoms with Gasteiger partial charge >= 0.3 is 5.97 Å². The van der Waals surface area contributed by atoms with Crippen molar-refractivity contribution in [3.63, 3.8) is 0 Å². The van der Waals surface area contributed by atoms with Gasteiger partial charge in [0.05, 0.1) is 0 Å². The molecule has 3 aliphatic rings. The van der Waals surface area contributed by atoms with Crippen molar-refractivity contribution in [1.82, 2.24) is 0 Å². The third kappa shape index (κ3) is 9.99. The average Bonchev–Trinajstić information content (AvgIpc) is 2.95. The summed E-state index contributed by atoms with van der Waals surface area (Å²) in [7, 11) is 0. The zero-order valence-electron chi connectivity index (χ0n) is 25.7. The molecular formula is C36H64O2. The van der Waals surface area contributed by atoms with Gasteiger partial charge in [0.1, 0.15) is 5.60 Å².